The molecule has 14 nitrogen and oxygen atoms in total. The van der Waals surface area contributed by atoms with Gasteiger partial charge in [-0.25, -0.2) is 19.6 Å². The highest BCUT2D eigenvalue weighted by atomic mass is 19.4. The molecule has 0 spiro atoms. The molecule has 0 radical (unpaired) electrons. The van der Waals surface area contributed by atoms with Crippen molar-refractivity contribution in [2.45, 2.75) is 70.2 Å². The lowest BCUT2D eigenvalue weighted by Crippen LogP contribution is -2.48. The smallest absolute Gasteiger partial charge is 0.416 e. The molecule has 2 fully saturated rings. The molecule has 10 rings (SSSR count). The molecular weight excluding hydrogens is 893 g/mol. The number of hydrogen-bond acceptors (Lipinski definition) is 10. The van der Waals surface area contributed by atoms with Crippen LogP contribution >= 0.6 is 0 Å². The maximum absolute atomic E-state index is 13.8. The number of amides is 3. The van der Waals surface area contributed by atoms with Crippen LogP contribution in [0.15, 0.2) is 103 Å². The van der Waals surface area contributed by atoms with Gasteiger partial charge in [0, 0.05) is 61.1 Å². The van der Waals surface area contributed by atoms with Gasteiger partial charge in [0.25, 0.3) is 0 Å². The number of nitrogens with zero attached hydrogens (tertiary/aromatic N) is 8. The first-order valence-electron chi connectivity index (χ1n) is 22.1. The van der Waals surface area contributed by atoms with E-state index >= 15 is 0 Å². The maximum Gasteiger partial charge on any atom is 0.416 e. The highest BCUT2D eigenvalue weighted by Crippen LogP contribution is 2.42. The Hall–Kier alpha value is -7.38. The van der Waals surface area contributed by atoms with Gasteiger partial charge in [0.15, 0.2) is 11.6 Å². The number of urea groups is 1. The summed E-state index contributed by atoms with van der Waals surface area (Å²) in [5.74, 6) is 1.17. The second-order valence-corrected chi connectivity index (χ2v) is 17.9. The summed E-state index contributed by atoms with van der Waals surface area (Å²) in [6, 6.07) is 24.5. The highest BCUT2D eigenvalue weighted by molar-refractivity contribution is 6.05. The van der Waals surface area contributed by atoms with Crippen LogP contribution in [-0.4, -0.2) is 87.5 Å². The summed E-state index contributed by atoms with van der Waals surface area (Å²) in [7, 11) is 0. The summed E-state index contributed by atoms with van der Waals surface area (Å²) in [4.78, 5) is 40.9. The topological polar surface area (TPSA) is 146 Å². The first-order valence-corrected chi connectivity index (χ1v) is 22.1. The minimum atomic E-state index is -4.48. The number of carbonyl (C=O) groups is 2. The first kappa shape index (κ1) is 45.8. The molecule has 3 N–H and O–H groups in total. The molecule has 0 saturated carbocycles. The summed E-state index contributed by atoms with van der Waals surface area (Å²) in [5, 5.41) is 17.4. The fourth-order valence-corrected chi connectivity index (χ4v) is 8.67. The Labute approximate surface area is 387 Å². The van der Waals surface area contributed by atoms with Gasteiger partial charge in [-0.1, -0.05) is 41.6 Å². The number of benzene rings is 3. The van der Waals surface area contributed by atoms with E-state index in [0.29, 0.717) is 65.4 Å². The Kier molecular flexibility index (Phi) is 12.1. The number of ether oxygens (including phenoxy) is 1. The first-order chi connectivity index (χ1) is 32.3. The number of hydrogen-bond donors (Lipinski definition) is 3. The van der Waals surface area contributed by atoms with Crippen LogP contribution in [0, 0.1) is 0 Å². The second kappa shape index (κ2) is 18.0. The summed E-state index contributed by atoms with van der Waals surface area (Å²) in [6.45, 7) is 9.39. The van der Waals surface area contributed by atoms with Crippen molar-refractivity contribution in [1.29, 1.82) is 0 Å². The van der Waals surface area contributed by atoms with E-state index in [1.165, 1.54) is 12.1 Å². The van der Waals surface area contributed by atoms with Gasteiger partial charge in [-0.3, -0.25) is 9.58 Å². The Morgan fingerprint density at radius 2 is 1.35 bits per heavy atom. The van der Waals surface area contributed by atoms with Crippen molar-refractivity contribution >= 4 is 40.8 Å². The summed E-state index contributed by atoms with van der Waals surface area (Å²) in [5.41, 5.74) is 3.30. The molecule has 4 aliphatic rings. The number of rotatable bonds is 7. The van der Waals surface area contributed by atoms with Crippen LogP contribution in [-0.2, 0) is 23.6 Å². The zero-order valence-corrected chi connectivity index (χ0v) is 37.2. The van der Waals surface area contributed by atoms with Crippen LogP contribution in [0.25, 0.3) is 33.8 Å². The molecule has 2 saturated heterocycles. The molecule has 2 atom stereocenters. The standard InChI is InChI=1S/C32H33F3N8O3.C16H14F3N3/c1-31(2,3)46-30(45)36-13-15-42-19-26(39-40-42)21-7-5-9-23(17-21)37-29(44)43-24-12-14-41(18-24)27-11-10-25(38-28(27)43)20-6-4-8-22(16-20)32(33,34)35;17-16(18,19)11-3-1-2-10(8-11)13-4-5-14-15(21-13)20-12-6-7-22(14)9-12/h4-11,16-17,19,24H,12-15,18H2,1-3H3,(H,36,45)(H,37,44);1-5,8,12H,6-7,9H2,(H,20,21)/t24-;12-/m00/s1. The van der Waals surface area contributed by atoms with Gasteiger partial charge in [-0.2, -0.15) is 26.3 Å². The molecule has 6 aromatic rings. The fourth-order valence-electron chi connectivity index (χ4n) is 8.67. The van der Waals surface area contributed by atoms with Gasteiger partial charge in [-0.05, 0) is 94.3 Å². The Bertz CT molecular complexity index is 2850. The van der Waals surface area contributed by atoms with Crippen molar-refractivity contribution in [2.75, 3.05) is 58.1 Å². The summed E-state index contributed by atoms with van der Waals surface area (Å²) >= 11 is 0. The van der Waals surface area contributed by atoms with Crippen LogP contribution < -0.4 is 30.7 Å². The van der Waals surface area contributed by atoms with Gasteiger partial charge in [0.05, 0.1) is 52.7 Å². The molecule has 3 aromatic heterocycles. The van der Waals surface area contributed by atoms with Crippen molar-refractivity contribution in [3.05, 3.63) is 114 Å². The largest absolute Gasteiger partial charge is 0.444 e. The van der Waals surface area contributed by atoms with Crippen molar-refractivity contribution in [3.63, 3.8) is 0 Å². The zero-order chi connectivity index (χ0) is 48.0. The van der Waals surface area contributed by atoms with E-state index in [-0.39, 0.29) is 6.04 Å². The van der Waals surface area contributed by atoms with Gasteiger partial charge < -0.3 is 30.5 Å². The molecule has 3 aromatic carbocycles. The van der Waals surface area contributed by atoms with Gasteiger partial charge in [0.1, 0.15) is 11.3 Å². The van der Waals surface area contributed by atoms with Gasteiger partial charge in [0.2, 0.25) is 0 Å². The molecule has 4 aliphatic heterocycles. The van der Waals surface area contributed by atoms with Crippen LogP contribution in [0.2, 0.25) is 0 Å². The normalized spacial score (nSPS) is 17.1. The summed E-state index contributed by atoms with van der Waals surface area (Å²) < 4.78 is 85.5. The number of halogens is 6. The van der Waals surface area contributed by atoms with Crippen molar-refractivity contribution < 1.29 is 40.7 Å². The molecule has 68 heavy (non-hydrogen) atoms. The number of alkyl carbamates (subject to hydrolysis) is 1. The lowest BCUT2D eigenvalue weighted by Gasteiger charge is -2.36. The molecule has 7 heterocycles. The van der Waals surface area contributed by atoms with E-state index in [1.807, 2.05) is 18.2 Å². The van der Waals surface area contributed by atoms with E-state index in [2.05, 4.69) is 41.0 Å². The average molecular weight is 940 g/mol. The number of alkyl halides is 6. The van der Waals surface area contributed by atoms with E-state index in [0.717, 1.165) is 79.5 Å². The van der Waals surface area contributed by atoms with E-state index in [4.69, 9.17) is 9.72 Å². The zero-order valence-electron chi connectivity index (χ0n) is 37.2. The predicted octanol–water partition coefficient (Wildman–Crippen LogP) is 9.95. The van der Waals surface area contributed by atoms with Crippen LogP contribution in [0.4, 0.5) is 64.6 Å². The second-order valence-electron chi connectivity index (χ2n) is 17.9. The fraction of sp³-hybridized carbons (Fsp3) is 0.333. The molecule has 0 unspecified atom stereocenters. The van der Waals surface area contributed by atoms with E-state index < -0.39 is 41.2 Å². The number of carbonyl (C=O) groups excluding carboxylic acids is 2. The van der Waals surface area contributed by atoms with Crippen molar-refractivity contribution in [2.24, 2.45) is 0 Å². The Morgan fingerprint density at radius 3 is 2.03 bits per heavy atom. The molecule has 4 bridgehead atoms. The minimum Gasteiger partial charge on any atom is -0.444 e. The van der Waals surface area contributed by atoms with Gasteiger partial charge in [-0.15, -0.1) is 5.10 Å². The highest BCUT2D eigenvalue weighted by Gasteiger charge is 2.41. The van der Waals surface area contributed by atoms with Crippen LogP contribution in [0.1, 0.15) is 44.7 Å². The number of aromatic nitrogens is 5. The third kappa shape index (κ3) is 10.1. The molecule has 0 aliphatic carbocycles. The van der Waals surface area contributed by atoms with Gasteiger partial charge >= 0.3 is 24.5 Å². The molecular formula is C48H47F6N11O3. The minimum absolute atomic E-state index is 0.144. The SMILES string of the molecule is CC(C)(C)OC(=O)NCCn1cc(-c2cccc(NC(=O)N3c4nc(-c5cccc(C(F)(F)F)c5)ccc4N4CC[C@H]3C4)c2)nn1.FC(F)(F)c1cccc(-c2ccc3c(n2)N[C@H]2CCN3C2)c1. The van der Waals surface area contributed by atoms with Crippen LogP contribution in [0.3, 0.4) is 0 Å². The third-order valence-electron chi connectivity index (χ3n) is 11.8. The number of anilines is 5. The van der Waals surface area contributed by atoms with Crippen molar-refractivity contribution in [3.8, 4) is 33.8 Å². The lowest BCUT2D eigenvalue weighted by atomic mass is 10.1. The van der Waals surface area contributed by atoms with E-state index in [1.54, 1.807) is 79.0 Å². The quantitative estimate of drug-likeness (QED) is 0.132. The van der Waals surface area contributed by atoms with Crippen LogP contribution in [0.5, 0.6) is 0 Å². The molecule has 3 amide bonds. The molecule has 20 heteroatoms. The van der Waals surface area contributed by atoms with Crippen molar-refractivity contribution in [1.82, 2.24) is 30.3 Å². The van der Waals surface area contributed by atoms with E-state index in [9.17, 15) is 35.9 Å². The number of fused-ring (bicyclic) bond motifs is 8. The monoisotopic (exact) mass is 939 g/mol. The predicted molar refractivity (Wildman–Crippen MR) is 245 cm³/mol. The molecule has 354 valence electrons. The lowest BCUT2D eigenvalue weighted by molar-refractivity contribution is -0.138. The third-order valence-corrected chi connectivity index (χ3v) is 11.8. The Balaban J connectivity index is 0.000000217. The summed E-state index contributed by atoms with van der Waals surface area (Å²) in [6.07, 6.45) is -5.80. The average Bonchev–Trinajstić information content (AvgIpc) is 4.05. The Morgan fingerprint density at radius 1 is 0.735 bits per heavy atom. The number of pyridine rings is 2. The number of nitrogens with one attached hydrogen (secondary N) is 3. The maximum atomic E-state index is 13.8.